The maximum absolute atomic E-state index is 13.9. The maximum Gasteiger partial charge on any atom is 0.251 e. The molecule has 2 aliphatic heterocycles. The van der Waals surface area contributed by atoms with Gasteiger partial charge in [-0.3, -0.25) is 24.2 Å². The fourth-order valence-corrected chi connectivity index (χ4v) is 5.78. The van der Waals surface area contributed by atoms with Crippen LogP contribution in [0.25, 0.3) is 11.4 Å². The first kappa shape index (κ1) is 33.5. The van der Waals surface area contributed by atoms with Crippen molar-refractivity contribution in [3.63, 3.8) is 0 Å². The van der Waals surface area contributed by atoms with E-state index in [1.165, 1.54) is 11.9 Å². The highest BCUT2D eigenvalue weighted by atomic mass is 16.5. The van der Waals surface area contributed by atoms with Gasteiger partial charge in [0.2, 0.25) is 17.7 Å². The third-order valence-corrected chi connectivity index (χ3v) is 8.06. The molecule has 2 fully saturated rings. The molecule has 2 saturated heterocycles. The van der Waals surface area contributed by atoms with Crippen LogP contribution in [-0.2, 0) is 30.3 Å². The number of benzene rings is 1. The second-order valence-corrected chi connectivity index (χ2v) is 12.5. The van der Waals surface area contributed by atoms with E-state index in [1.54, 1.807) is 12.4 Å². The minimum Gasteiger partial charge on any atom is -0.360 e. The SMILES string of the molecule is Cc1cc(N2C[C@H]3CNC(=O)[C@H](CC(C)C)NC(=O)CN(C)C(=O)[C@@H](Cc4ccccc4)NC(=O)[C@@H](C2)O3)nc(-c2cccnc2)n1. The van der Waals surface area contributed by atoms with Gasteiger partial charge in [-0.15, -0.1) is 0 Å². The zero-order valence-electron chi connectivity index (χ0n) is 27.2. The van der Waals surface area contributed by atoms with Gasteiger partial charge in [0, 0.05) is 56.3 Å². The predicted octanol–water partition coefficient (Wildman–Crippen LogP) is 1.27. The molecule has 2 aliphatic rings. The highest BCUT2D eigenvalue weighted by molar-refractivity contribution is 5.93. The zero-order chi connectivity index (χ0) is 33.5. The fourth-order valence-electron chi connectivity index (χ4n) is 5.78. The molecule has 1 aromatic carbocycles. The van der Waals surface area contributed by atoms with E-state index in [4.69, 9.17) is 9.72 Å². The monoisotopic (exact) mass is 642 g/mol. The quantitative estimate of drug-likeness (QED) is 0.360. The number of hydrogen-bond acceptors (Lipinski definition) is 9. The van der Waals surface area contributed by atoms with Crippen molar-refractivity contribution in [1.29, 1.82) is 0 Å². The maximum atomic E-state index is 13.9. The second kappa shape index (κ2) is 15.1. The number of carbonyl (C=O) groups excluding carboxylic acids is 4. The Balaban J connectivity index is 1.48. The summed E-state index contributed by atoms with van der Waals surface area (Å²) in [7, 11) is 1.51. The van der Waals surface area contributed by atoms with Gasteiger partial charge < -0.3 is 30.5 Å². The van der Waals surface area contributed by atoms with Gasteiger partial charge >= 0.3 is 0 Å². The van der Waals surface area contributed by atoms with Crippen molar-refractivity contribution >= 4 is 29.4 Å². The summed E-state index contributed by atoms with van der Waals surface area (Å²) in [6.07, 6.45) is 2.39. The molecule has 3 aromatic rings. The second-order valence-electron chi connectivity index (χ2n) is 12.5. The first-order valence-electron chi connectivity index (χ1n) is 15.9. The summed E-state index contributed by atoms with van der Waals surface area (Å²) in [5, 5.41) is 8.63. The van der Waals surface area contributed by atoms with Gasteiger partial charge in [0.1, 0.15) is 17.9 Å². The largest absolute Gasteiger partial charge is 0.360 e. The number of morpholine rings is 1. The lowest BCUT2D eigenvalue weighted by Crippen LogP contribution is -2.59. The smallest absolute Gasteiger partial charge is 0.251 e. The molecule has 0 aliphatic carbocycles. The molecule has 47 heavy (non-hydrogen) atoms. The lowest BCUT2D eigenvalue weighted by molar-refractivity contribution is -0.143. The van der Waals surface area contributed by atoms with Crippen molar-refractivity contribution < 1.29 is 23.9 Å². The zero-order valence-corrected chi connectivity index (χ0v) is 27.2. The van der Waals surface area contributed by atoms with Crippen LogP contribution < -0.4 is 20.9 Å². The number of pyridine rings is 1. The first-order chi connectivity index (χ1) is 22.5. The molecule has 13 nitrogen and oxygen atoms in total. The van der Waals surface area contributed by atoms with Gasteiger partial charge in [0.05, 0.1) is 19.2 Å². The van der Waals surface area contributed by atoms with Crippen molar-refractivity contribution in [3.05, 3.63) is 72.2 Å². The van der Waals surface area contributed by atoms with E-state index in [9.17, 15) is 19.2 Å². The van der Waals surface area contributed by atoms with Gasteiger partial charge in [-0.05, 0) is 37.0 Å². The number of fused-ring (bicyclic) bond motifs is 2. The highest BCUT2D eigenvalue weighted by Crippen LogP contribution is 2.23. The lowest BCUT2D eigenvalue weighted by atomic mass is 10.0. The van der Waals surface area contributed by atoms with E-state index in [2.05, 4.69) is 25.9 Å². The molecule has 4 heterocycles. The van der Waals surface area contributed by atoms with Crippen molar-refractivity contribution in [2.75, 3.05) is 38.1 Å². The van der Waals surface area contributed by atoms with Gasteiger partial charge in [-0.2, -0.15) is 0 Å². The number of rotatable bonds is 6. The minimum atomic E-state index is -0.990. The summed E-state index contributed by atoms with van der Waals surface area (Å²) < 4.78 is 6.28. The van der Waals surface area contributed by atoms with Crippen LogP contribution in [0.4, 0.5) is 5.82 Å². The average molecular weight is 643 g/mol. The summed E-state index contributed by atoms with van der Waals surface area (Å²) in [5.41, 5.74) is 2.32. The summed E-state index contributed by atoms with van der Waals surface area (Å²) in [4.78, 5) is 70.9. The Morgan fingerprint density at radius 1 is 0.957 bits per heavy atom. The summed E-state index contributed by atoms with van der Waals surface area (Å²) >= 11 is 0. The summed E-state index contributed by atoms with van der Waals surface area (Å²) in [6.45, 7) is 6.09. The molecule has 5 rings (SSSR count). The third kappa shape index (κ3) is 8.88. The molecule has 3 N–H and O–H groups in total. The lowest BCUT2D eigenvalue weighted by Gasteiger charge is -2.39. The van der Waals surface area contributed by atoms with Gasteiger partial charge in [0.15, 0.2) is 11.9 Å². The van der Waals surface area contributed by atoms with E-state index in [-0.39, 0.29) is 37.9 Å². The Labute approximate surface area is 274 Å². The number of hydrogen-bond donors (Lipinski definition) is 3. The molecule has 2 aromatic heterocycles. The molecule has 0 saturated carbocycles. The van der Waals surface area contributed by atoms with E-state index in [1.807, 2.05) is 74.2 Å². The average Bonchev–Trinajstić information content (AvgIpc) is 3.06. The number of carbonyl (C=O) groups is 4. The number of nitrogens with zero attached hydrogens (tertiary/aromatic N) is 5. The minimum absolute atomic E-state index is 0.0926. The van der Waals surface area contributed by atoms with E-state index >= 15 is 0 Å². The Bertz CT molecular complexity index is 1570. The van der Waals surface area contributed by atoms with Crippen LogP contribution in [0.3, 0.4) is 0 Å². The van der Waals surface area contributed by atoms with Crippen molar-refractivity contribution in [1.82, 2.24) is 35.8 Å². The summed E-state index contributed by atoms with van der Waals surface area (Å²) in [5.74, 6) is -0.550. The molecule has 0 spiro atoms. The predicted molar refractivity (Wildman–Crippen MR) is 175 cm³/mol. The van der Waals surface area contributed by atoms with Crippen LogP contribution in [0.1, 0.15) is 31.5 Å². The first-order valence-corrected chi connectivity index (χ1v) is 15.9. The Morgan fingerprint density at radius 2 is 1.74 bits per heavy atom. The third-order valence-electron chi connectivity index (χ3n) is 8.06. The number of likely N-dealkylation sites (N-methyl/N-ethyl adjacent to an activating group) is 1. The van der Waals surface area contributed by atoms with Crippen LogP contribution >= 0.6 is 0 Å². The number of aryl methyl sites for hydroxylation is 1. The van der Waals surface area contributed by atoms with Crippen molar-refractivity contribution in [2.24, 2.45) is 5.92 Å². The van der Waals surface area contributed by atoms with Crippen molar-refractivity contribution in [3.8, 4) is 11.4 Å². The molecule has 4 amide bonds. The van der Waals surface area contributed by atoms with Crippen LogP contribution in [0.15, 0.2) is 60.9 Å². The van der Waals surface area contributed by atoms with Crippen LogP contribution in [0, 0.1) is 12.8 Å². The van der Waals surface area contributed by atoms with E-state index < -0.39 is 42.0 Å². The number of amides is 4. The van der Waals surface area contributed by atoms with Gasteiger partial charge in [-0.1, -0.05) is 44.2 Å². The molecular weight excluding hydrogens is 600 g/mol. The van der Waals surface area contributed by atoms with Crippen LogP contribution in [0.5, 0.6) is 0 Å². The Hall–Kier alpha value is -4.91. The van der Waals surface area contributed by atoms with Crippen LogP contribution in [-0.4, -0.2) is 101 Å². The topological polar surface area (TPSA) is 159 Å². The standard InChI is InChI=1S/C34H42N8O5/c1-21(2)13-26-32(44)36-17-25-18-42(29-14-22(3)37-31(40-29)24-11-8-12-35-16-24)19-28(47-25)33(45)39-27(15-23-9-6-5-7-10-23)34(46)41(4)20-30(43)38-26/h5-12,14,16,21,25-28H,13,15,17-20H2,1-4H3,(H,36,44)(H,38,43)(H,39,45)/t25-,26+,27-,28-/m1/s1. The van der Waals surface area contributed by atoms with Gasteiger partial charge in [-0.25, -0.2) is 9.97 Å². The normalized spacial score (nSPS) is 23.0. The number of aromatic nitrogens is 3. The Morgan fingerprint density at radius 3 is 2.47 bits per heavy atom. The molecule has 4 atom stereocenters. The summed E-state index contributed by atoms with van der Waals surface area (Å²) in [6, 6.07) is 13.1. The molecular formula is C34H42N8O5. The highest BCUT2D eigenvalue weighted by Gasteiger charge is 2.37. The number of anilines is 1. The Kier molecular flexibility index (Phi) is 10.8. The number of nitrogens with one attached hydrogen (secondary N) is 3. The van der Waals surface area contributed by atoms with Crippen LogP contribution in [0.2, 0.25) is 0 Å². The van der Waals surface area contributed by atoms with Gasteiger partial charge in [0.25, 0.3) is 5.91 Å². The fraction of sp³-hybridized carbons (Fsp3) is 0.441. The number of ether oxygens (including phenoxy) is 1. The molecule has 13 heteroatoms. The van der Waals surface area contributed by atoms with E-state index in [0.717, 1.165) is 16.8 Å². The molecule has 0 radical (unpaired) electrons. The van der Waals surface area contributed by atoms with E-state index in [0.29, 0.717) is 24.6 Å². The molecule has 2 bridgehead atoms. The molecule has 248 valence electrons. The van der Waals surface area contributed by atoms with Crippen molar-refractivity contribution in [2.45, 2.75) is 57.9 Å². The molecule has 0 unspecified atom stereocenters.